The van der Waals surface area contributed by atoms with Gasteiger partial charge < -0.3 is 14.9 Å². The lowest BCUT2D eigenvalue weighted by molar-refractivity contribution is 0.0813. The average molecular weight is 281 g/mol. The lowest BCUT2D eigenvalue weighted by Gasteiger charge is -2.32. The van der Waals surface area contributed by atoms with Crippen LogP contribution in [0.15, 0.2) is 0 Å². The molecule has 3 rings (SSSR count). The Bertz CT molecular complexity index is 454. The Hall–Kier alpha value is -0.650. The number of piperazine rings is 1. The van der Waals surface area contributed by atoms with E-state index in [1.54, 1.807) is 11.3 Å². The Morgan fingerprint density at radius 1 is 1.21 bits per heavy atom. The monoisotopic (exact) mass is 281 g/mol. The Kier molecular flexibility index (Phi) is 3.31. The highest BCUT2D eigenvalue weighted by atomic mass is 32.1. The summed E-state index contributed by atoms with van der Waals surface area (Å²) in [6, 6.07) is 0. The van der Waals surface area contributed by atoms with Gasteiger partial charge in [0.2, 0.25) is 0 Å². The van der Waals surface area contributed by atoms with Crippen LogP contribution in [0.3, 0.4) is 0 Å². The highest BCUT2D eigenvalue weighted by Gasteiger charge is 2.35. The Balaban J connectivity index is 1.86. The third-order valence-electron chi connectivity index (χ3n) is 3.94. The Morgan fingerprint density at radius 3 is 2.37 bits per heavy atom. The van der Waals surface area contributed by atoms with Crippen molar-refractivity contribution in [3.8, 4) is 0 Å². The van der Waals surface area contributed by atoms with Gasteiger partial charge in [0.1, 0.15) is 0 Å². The molecule has 1 aliphatic heterocycles. The number of thiazole rings is 1. The van der Waals surface area contributed by atoms with Crippen LogP contribution >= 0.6 is 11.3 Å². The predicted molar refractivity (Wildman–Crippen MR) is 79.0 cm³/mol. The molecule has 0 radical (unpaired) electrons. The maximum absolute atomic E-state index is 10.3. The third kappa shape index (κ3) is 2.78. The number of aliphatic hydroxyl groups is 1. The summed E-state index contributed by atoms with van der Waals surface area (Å²) in [4.78, 5) is 10.6. The first kappa shape index (κ1) is 13.3. The maximum atomic E-state index is 10.3. The highest BCUT2D eigenvalue weighted by Crippen LogP contribution is 2.47. The van der Waals surface area contributed by atoms with Crippen LogP contribution in [-0.2, 0) is 5.60 Å². The second-order valence-corrected chi connectivity index (χ2v) is 7.31. The number of likely N-dealkylation sites (N-methyl/N-ethyl adjacent to an activating group) is 1. The van der Waals surface area contributed by atoms with Crippen molar-refractivity contribution >= 4 is 16.5 Å². The molecule has 1 aromatic heterocycles. The van der Waals surface area contributed by atoms with Crippen molar-refractivity contribution in [2.24, 2.45) is 0 Å². The fourth-order valence-electron chi connectivity index (χ4n) is 2.52. The lowest BCUT2D eigenvalue weighted by atomic mass is 10.0. The summed E-state index contributed by atoms with van der Waals surface area (Å²) in [6.07, 6.45) is 2.46. The molecular weight excluding hydrogens is 258 g/mol. The fourth-order valence-corrected chi connectivity index (χ4v) is 3.73. The molecule has 4 nitrogen and oxygen atoms in total. The van der Waals surface area contributed by atoms with Crippen molar-refractivity contribution in [2.45, 2.75) is 38.2 Å². The van der Waals surface area contributed by atoms with Gasteiger partial charge in [-0.1, -0.05) is 11.3 Å². The predicted octanol–water partition coefficient (Wildman–Crippen LogP) is 2.00. The molecule has 1 N–H and O–H groups in total. The van der Waals surface area contributed by atoms with E-state index >= 15 is 0 Å². The van der Waals surface area contributed by atoms with Crippen LogP contribution < -0.4 is 4.90 Å². The van der Waals surface area contributed by atoms with Crippen LogP contribution in [0.1, 0.15) is 43.2 Å². The quantitative estimate of drug-likeness (QED) is 0.920. The van der Waals surface area contributed by atoms with E-state index in [1.807, 2.05) is 13.8 Å². The average Bonchev–Trinajstić information content (AvgIpc) is 3.08. The lowest BCUT2D eigenvalue weighted by Crippen LogP contribution is -2.44. The fraction of sp³-hybridized carbons (Fsp3) is 0.786. The molecule has 19 heavy (non-hydrogen) atoms. The summed E-state index contributed by atoms with van der Waals surface area (Å²) in [5.41, 5.74) is 0.395. The first-order valence-electron chi connectivity index (χ1n) is 7.12. The molecule has 1 aliphatic carbocycles. The van der Waals surface area contributed by atoms with E-state index in [1.165, 1.54) is 12.8 Å². The molecule has 2 fully saturated rings. The second-order valence-electron chi connectivity index (χ2n) is 6.33. The smallest absolute Gasteiger partial charge is 0.185 e. The van der Waals surface area contributed by atoms with Crippen LogP contribution in [0.4, 0.5) is 5.13 Å². The first-order valence-corrected chi connectivity index (χ1v) is 7.94. The minimum Gasteiger partial charge on any atom is -0.385 e. The number of hydrogen-bond acceptors (Lipinski definition) is 5. The van der Waals surface area contributed by atoms with Crippen molar-refractivity contribution in [1.29, 1.82) is 0 Å². The van der Waals surface area contributed by atoms with Gasteiger partial charge in [-0.15, -0.1) is 0 Å². The van der Waals surface area contributed by atoms with E-state index in [-0.39, 0.29) is 0 Å². The Labute approximate surface area is 119 Å². The topological polar surface area (TPSA) is 39.6 Å². The summed E-state index contributed by atoms with van der Waals surface area (Å²) in [5, 5.41) is 11.4. The number of rotatable bonds is 3. The van der Waals surface area contributed by atoms with Gasteiger partial charge in [0.15, 0.2) is 5.13 Å². The molecule has 0 bridgehead atoms. The van der Waals surface area contributed by atoms with E-state index in [2.05, 4.69) is 16.8 Å². The molecule has 5 heteroatoms. The molecule has 0 atom stereocenters. The molecule has 0 spiro atoms. The maximum Gasteiger partial charge on any atom is 0.185 e. The van der Waals surface area contributed by atoms with Gasteiger partial charge in [0.05, 0.1) is 16.2 Å². The number of hydrogen-bond donors (Lipinski definition) is 1. The zero-order chi connectivity index (χ0) is 13.6. The molecule has 1 aromatic rings. The summed E-state index contributed by atoms with van der Waals surface area (Å²) in [5.74, 6) is 0.596. The van der Waals surface area contributed by atoms with Crippen LogP contribution in [0.5, 0.6) is 0 Å². The second kappa shape index (κ2) is 4.72. The van der Waals surface area contributed by atoms with Gasteiger partial charge in [-0.3, -0.25) is 0 Å². The van der Waals surface area contributed by atoms with E-state index in [4.69, 9.17) is 4.98 Å². The van der Waals surface area contributed by atoms with E-state index in [9.17, 15) is 5.11 Å². The summed E-state index contributed by atoms with van der Waals surface area (Å²) < 4.78 is 0. The number of nitrogens with zero attached hydrogens (tertiary/aromatic N) is 3. The molecule has 106 valence electrons. The normalized spacial score (nSPS) is 22.0. The molecule has 2 aliphatic rings. The van der Waals surface area contributed by atoms with Gasteiger partial charge >= 0.3 is 0 Å². The molecule has 0 unspecified atom stereocenters. The zero-order valence-electron chi connectivity index (χ0n) is 12.0. The van der Waals surface area contributed by atoms with Gasteiger partial charge in [0.25, 0.3) is 0 Å². The standard InChI is InChI=1S/C14H23N3OS/c1-14(2,18)12-11(10-4-5-10)15-13(19-12)17-8-6-16(3)7-9-17/h10,18H,4-9H2,1-3H3. The van der Waals surface area contributed by atoms with Crippen molar-refractivity contribution in [3.05, 3.63) is 10.6 Å². The highest BCUT2D eigenvalue weighted by molar-refractivity contribution is 7.15. The van der Waals surface area contributed by atoms with Crippen molar-refractivity contribution in [3.63, 3.8) is 0 Å². The van der Waals surface area contributed by atoms with Crippen LogP contribution in [0.2, 0.25) is 0 Å². The summed E-state index contributed by atoms with van der Waals surface area (Å²) in [7, 11) is 2.16. The van der Waals surface area contributed by atoms with Crippen molar-refractivity contribution < 1.29 is 5.11 Å². The largest absolute Gasteiger partial charge is 0.385 e. The zero-order valence-corrected chi connectivity index (χ0v) is 12.8. The van der Waals surface area contributed by atoms with Gasteiger partial charge in [-0.25, -0.2) is 4.98 Å². The minimum atomic E-state index is -0.763. The van der Waals surface area contributed by atoms with E-state index < -0.39 is 5.60 Å². The number of aromatic nitrogens is 1. The molecular formula is C14H23N3OS. The van der Waals surface area contributed by atoms with E-state index in [0.29, 0.717) is 5.92 Å². The first-order chi connectivity index (χ1) is 8.95. The van der Waals surface area contributed by atoms with Crippen LogP contribution in [0.25, 0.3) is 0 Å². The van der Waals surface area contributed by atoms with Gasteiger partial charge in [-0.05, 0) is 33.7 Å². The van der Waals surface area contributed by atoms with Gasteiger partial charge in [0, 0.05) is 32.1 Å². The van der Waals surface area contributed by atoms with Crippen LogP contribution in [-0.4, -0.2) is 48.2 Å². The molecule has 0 amide bonds. The molecule has 0 aromatic carbocycles. The van der Waals surface area contributed by atoms with Crippen molar-refractivity contribution in [2.75, 3.05) is 38.1 Å². The number of anilines is 1. The summed E-state index contributed by atoms with van der Waals surface area (Å²) in [6.45, 7) is 8.02. The molecule has 2 heterocycles. The summed E-state index contributed by atoms with van der Waals surface area (Å²) >= 11 is 1.69. The SMILES string of the molecule is CN1CCN(c2nc(C3CC3)c(C(C)(C)O)s2)CC1. The van der Waals surface area contributed by atoms with Gasteiger partial charge in [-0.2, -0.15) is 0 Å². The molecule has 1 saturated heterocycles. The van der Waals surface area contributed by atoms with E-state index in [0.717, 1.165) is 41.9 Å². The minimum absolute atomic E-state index is 0.596. The Morgan fingerprint density at radius 2 is 1.84 bits per heavy atom. The third-order valence-corrected chi connectivity index (χ3v) is 5.38. The van der Waals surface area contributed by atoms with Crippen LogP contribution in [0, 0.1) is 0 Å². The van der Waals surface area contributed by atoms with Crippen molar-refractivity contribution in [1.82, 2.24) is 9.88 Å². The molecule has 1 saturated carbocycles.